The molecule has 4 nitrogen and oxygen atoms in total. The number of rotatable bonds is 2. The number of carbonyl (C=O) groups is 1. The molecule has 0 spiro atoms. The van der Waals surface area contributed by atoms with Crippen molar-refractivity contribution >= 4 is 11.6 Å². The molecule has 0 saturated carbocycles. The third-order valence-corrected chi connectivity index (χ3v) is 4.57. The minimum atomic E-state index is -0.553. The van der Waals surface area contributed by atoms with Gasteiger partial charge in [0, 0.05) is 18.5 Å². The van der Waals surface area contributed by atoms with E-state index in [2.05, 4.69) is 19.0 Å². The normalized spacial score (nSPS) is 28.2. The van der Waals surface area contributed by atoms with Crippen LogP contribution in [-0.4, -0.2) is 34.7 Å². The number of oxime groups is 1. The molecule has 2 aliphatic heterocycles. The number of nitrogens with zero attached hydrogens (tertiary/aromatic N) is 2. The van der Waals surface area contributed by atoms with Gasteiger partial charge in [-0.3, -0.25) is 4.79 Å². The average Bonchev–Trinajstić information content (AvgIpc) is 2.97. The van der Waals surface area contributed by atoms with Crippen LogP contribution in [-0.2, 0) is 9.63 Å². The van der Waals surface area contributed by atoms with E-state index in [1.54, 1.807) is 12.1 Å². The smallest absolute Gasteiger partial charge is 0.267 e. The van der Waals surface area contributed by atoms with Crippen LogP contribution in [0, 0.1) is 5.82 Å². The summed E-state index contributed by atoms with van der Waals surface area (Å²) in [5.74, 6) is -0.271. The number of amides is 1. The first kappa shape index (κ1) is 15.0. The van der Waals surface area contributed by atoms with Gasteiger partial charge in [-0.15, -0.1) is 0 Å². The van der Waals surface area contributed by atoms with Crippen LogP contribution in [0.1, 0.15) is 45.1 Å². The van der Waals surface area contributed by atoms with Crippen molar-refractivity contribution in [2.45, 2.75) is 57.7 Å². The van der Waals surface area contributed by atoms with Crippen LogP contribution in [0.3, 0.4) is 0 Å². The molecule has 3 rings (SSSR count). The topological polar surface area (TPSA) is 41.9 Å². The molecule has 0 radical (unpaired) electrons. The highest BCUT2D eigenvalue weighted by Crippen LogP contribution is 2.26. The van der Waals surface area contributed by atoms with Crippen LogP contribution < -0.4 is 0 Å². The molecule has 5 heteroatoms. The van der Waals surface area contributed by atoms with E-state index < -0.39 is 6.10 Å². The molecular weight excluding hydrogens is 283 g/mol. The number of piperidine rings is 1. The summed E-state index contributed by atoms with van der Waals surface area (Å²) < 4.78 is 13.0. The Morgan fingerprint density at radius 2 is 1.86 bits per heavy atom. The molecule has 3 atom stereocenters. The first-order valence-corrected chi connectivity index (χ1v) is 7.87. The SMILES string of the molecule is C[C@H]1CCC[C@H](C)N1C(=O)[C@@H]1CC(c2ccc(F)cc2)=NO1. The highest BCUT2D eigenvalue weighted by atomic mass is 19.1. The fraction of sp³-hybridized carbons (Fsp3) is 0.529. The molecule has 0 N–H and O–H groups in total. The van der Waals surface area contributed by atoms with Gasteiger partial charge in [-0.2, -0.15) is 0 Å². The standard InChI is InChI=1S/C17H21FN2O2/c1-11-4-3-5-12(2)20(11)17(21)16-10-15(19-22-16)13-6-8-14(18)9-7-13/h6-9,11-12,16H,3-5,10H2,1-2H3/t11-,12-,16-/m0/s1. The molecule has 1 saturated heterocycles. The summed E-state index contributed by atoms with van der Waals surface area (Å²) in [5, 5.41) is 4.03. The van der Waals surface area contributed by atoms with Gasteiger partial charge >= 0.3 is 0 Å². The largest absolute Gasteiger partial charge is 0.382 e. The summed E-state index contributed by atoms with van der Waals surface area (Å²) in [6.07, 6.45) is 3.13. The minimum Gasteiger partial charge on any atom is -0.382 e. The number of likely N-dealkylation sites (tertiary alicyclic amines) is 1. The van der Waals surface area contributed by atoms with Crippen LogP contribution in [0.2, 0.25) is 0 Å². The molecule has 1 aromatic carbocycles. The Morgan fingerprint density at radius 3 is 2.50 bits per heavy atom. The van der Waals surface area contributed by atoms with Crippen LogP contribution in [0.25, 0.3) is 0 Å². The molecule has 2 heterocycles. The highest BCUT2D eigenvalue weighted by molar-refractivity contribution is 6.04. The lowest BCUT2D eigenvalue weighted by Crippen LogP contribution is -2.51. The second kappa shape index (κ2) is 6.07. The van der Waals surface area contributed by atoms with Crippen LogP contribution in [0.15, 0.2) is 29.4 Å². The molecule has 22 heavy (non-hydrogen) atoms. The fourth-order valence-electron chi connectivity index (χ4n) is 3.34. The quantitative estimate of drug-likeness (QED) is 0.842. The maximum absolute atomic E-state index is 13.0. The molecule has 0 aromatic heterocycles. The van der Waals surface area contributed by atoms with Crippen molar-refractivity contribution in [3.8, 4) is 0 Å². The fourth-order valence-corrected chi connectivity index (χ4v) is 3.34. The van der Waals surface area contributed by atoms with Crippen molar-refractivity contribution in [2.75, 3.05) is 0 Å². The molecule has 1 amide bonds. The summed E-state index contributed by atoms with van der Waals surface area (Å²) in [4.78, 5) is 20.0. The number of hydrogen-bond donors (Lipinski definition) is 0. The van der Waals surface area contributed by atoms with Crippen molar-refractivity contribution in [3.63, 3.8) is 0 Å². The molecule has 2 aliphatic rings. The highest BCUT2D eigenvalue weighted by Gasteiger charge is 2.37. The minimum absolute atomic E-state index is 0.0144. The first-order chi connectivity index (χ1) is 10.6. The van der Waals surface area contributed by atoms with Gasteiger partial charge in [0.05, 0.1) is 5.71 Å². The summed E-state index contributed by atoms with van der Waals surface area (Å²) in [6.45, 7) is 4.18. The Balaban J connectivity index is 1.68. The van der Waals surface area contributed by atoms with Gasteiger partial charge in [-0.25, -0.2) is 4.39 Å². The first-order valence-electron chi connectivity index (χ1n) is 7.87. The third kappa shape index (κ3) is 2.85. The van der Waals surface area contributed by atoms with Crippen molar-refractivity contribution in [3.05, 3.63) is 35.6 Å². The summed E-state index contributed by atoms with van der Waals surface area (Å²) in [6, 6.07) is 6.60. The third-order valence-electron chi connectivity index (χ3n) is 4.57. The van der Waals surface area contributed by atoms with E-state index in [1.165, 1.54) is 12.1 Å². The van der Waals surface area contributed by atoms with Crippen molar-refractivity contribution < 1.29 is 14.0 Å². The Hall–Kier alpha value is -1.91. The van der Waals surface area contributed by atoms with Crippen molar-refractivity contribution in [1.82, 2.24) is 4.90 Å². The average molecular weight is 304 g/mol. The maximum Gasteiger partial charge on any atom is 0.267 e. The van der Waals surface area contributed by atoms with Gasteiger partial charge in [0.2, 0.25) is 6.10 Å². The monoisotopic (exact) mass is 304 g/mol. The van der Waals surface area contributed by atoms with Crippen LogP contribution in [0.5, 0.6) is 0 Å². The molecule has 0 aliphatic carbocycles. The van der Waals surface area contributed by atoms with Gasteiger partial charge in [0.25, 0.3) is 5.91 Å². The maximum atomic E-state index is 13.0. The lowest BCUT2D eigenvalue weighted by atomic mass is 9.96. The zero-order valence-electron chi connectivity index (χ0n) is 13.0. The van der Waals surface area contributed by atoms with E-state index in [0.717, 1.165) is 24.8 Å². The van der Waals surface area contributed by atoms with Gasteiger partial charge in [-0.1, -0.05) is 17.3 Å². The van der Waals surface area contributed by atoms with Gasteiger partial charge in [-0.05, 0) is 50.8 Å². The molecule has 1 aromatic rings. The molecular formula is C17H21FN2O2. The zero-order chi connectivity index (χ0) is 15.7. The number of carbonyl (C=O) groups excluding carboxylic acids is 1. The Morgan fingerprint density at radius 1 is 1.23 bits per heavy atom. The number of hydrogen-bond acceptors (Lipinski definition) is 3. The number of benzene rings is 1. The van der Waals surface area contributed by atoms with E-state index in [-0.39, 0.29) is 23.8 Å². The summed E-state index contributed by atoms with van der Waals surface area (Å²) in [5.41, 5.74) is 1.51. The predicted molar refractivity (Wildman–Crippen MR) is 82.0 cm³/mol. The second-order valence-electron chi connectivity index (χ2n) is 6.22. The van der Waals surface area contributed by atoms with Crippen LogP contribution in [0.4, 0.5) is 4.39 Å². The Labute approximate surface area is 129 Å². The van der Waals surface area contributed by atoms with Crippen LogP contribution >= 0.6 is 0 Å². The van der Waals surface area contributed by atoms with Gasteiger partial charge in [0.15, 0.2) is 0 Å². The van der Waals surface area contributed by atoms with E-state index in [0.29, 0.717) is 12.1 Å². The molecule has 118 valence electrons. The van der Waals surface area contributed by atoms with Gasteiger partial charge < -0.3 is 9.74 Å². The lowest BCUT2D eigenvalue weighted by Gasteiger charge is -2.39. The Kier molecular flexibility index (Phi) is 4.14. The van der Waals surface area contributed by atoms with E-state index in [1.807, 2.05) is 4.90 Å². The van der Waals surface area contributed by atoms with Crippen molar-refractivity contribution in [1.29, 1.82) is 0 Å². The lowest BCUT2D eigenvalue weighted by molar-refractivity contribution is -0.148. The van der Waals surface area contributed by atoms with Gasteiger partial charge in [0.1, 0.15) is 5.82 Å². The Bertz CT molecular complexity index is 575. The molecule has 1 fully saturated rings. The zero-order valence-corrected chi connectivity index (χ0v) is 13.0. The van der Waals surface area contributed by atoms with E-state index >= 15 is 0 Å². The second-order valence-corrected chi connectivity index (χ2v) is 6.22. The summed E-state index contributed by atoms with van der Waals surface area (Å²) in [7, 11) is 0. The predicted octanol–water partition coefficient (Wildman–Crippen LogP) is 3.11. The van der Waals surface area contributed by atoms with E-state index in [9.17, 15) is 9.18 Å². The van der Waals surface area contributed by atoms with E-state index in [4.69, 9.17) is 4.84 Å². The molecule has 0 bridgehead atoms. The van der Waals surface area contributed by atoms with Crippen molar-refractivity contribution in [2.24, 2.45) is 5.16 Å². The molecule has 0 unspecified atom stereocenters. The summed E-state index contributed by atoms with van der Waals surface area (Å²) >= 11 is 0. The number of halogens is 1.